The summed E-state index contributed by atoms with van der Waals surface area (Å²) in [7, 11) is 0. The van der Waals surface area contributed by atoms with Crippen molar-refractivity contribution in [2.24, 2.45) is 0 Å². The van der Waals surface area contributed by atoms with E-state index in [2.05, 4.69) is 124 Å². The standard InChI is InChI=1S/C27H35N5O2.C26H33N5O2.C18H25N3O4.C12H14N2O3.C6H13NO2/c1-4-27(5-2)21-16-22-20(19-8-6-7-18-17(3)29-30-25(18)24(19)28-22)15-23(21)32(26(27)33)10-9-31-11-13-34-14-12-31;1-3-26(4-2)20-15-21-19(18-7-5-6-17-16-27-29-23(17)24(18)28-21)14-22(20)31(25(26)32)9-8-30-10-12-33-13-11-30;1-3-18(4-2)15-13-14(21(23)24)5-6-16(15)20(17(18)22)8-7-19-9-11-25-12-10-19;1-3-12(4-2)9-7-8(14(16)17)5-6-10(9)13-11(12)15;8-4-1-7-2-5-9-6-3-7/h15-16,28H,4-14H2,1-3H3,(H,29,30);14-16,28H,3-13H2,1-2H3,(H,27,29);5-6,13H,3-4,7-12H2,1-2H3;5-7H,3-4H2,1-2H3,(H,13,15);8H,1-6H2. The number of hydrogen-bond acceptors (Lipinski definition) is 19. The second-order valence-corrected chi connectivity index (χ2v) is 32.9. The maximum atomic E-state index is 13.9. The van der Waals surface area contributed by atoms with Gasteiger partial charge in [0, 0.05) is 178 Å². The van der Waals surface area contributed by atoms with Crippen molar-refractivity contribution in [3.05, 3.63) is 137 Å². The van der Waals surface area contributed by atoms with Crippen LogP contribution in [0.4, 0.5) is 34.1 Å². The summed E-state index contributed by atoms with van der Waals surface area (Å²) < 4.78 is 21.5. The van der Waals surface area contributed by atoms with Crippen LogP contribution in [0, 0.1) is 27.2 Å². The Balaban J connectivity index is 0.000000128. The fourth-order valence-corrected chi connectivity index (χ4v) is 20.1. The van der Waals surface area contributed by atoms with Gasteiger partial charge in [-0.15, -0.1) is 0 Å². The van der Waals surface area contributed by atoms with Crippen LogP contribution in [0.3, 0.4) is 0 Å². The van der Waals surface area contributed by atoms with E-state index in [1.807, 2.05) is 38.8 Å². The molecule has 4 saturated heterocycles. The summed E-state index contributed by atoms with van der Waals surface area (Å²) >= 11 is 0. The highest BCUT2D eigenvalue weighted by molar-refractivity contribution is 6.13. The van der Waals surface area contributed by atoms with Gasteiger partial charge in [-0.2, -0.15) is 10.2 Å². The summed E-state index contributed by atoms with van der Waals surface area (Å²) in [6.45, 7) is 37.9. The van der Waals surface area contributed by atoms with E-state index >= 15 is 0 Å². The predicted molar refractivity (Wildman–Crippen MR) is 458 cm³/mol. The summed E-state index contributed by atoms with van der Waals surface area (Å²) in [6, 6.07) is 18.5. The molecule has 4 fully saturated rings. The zero-order valence-electron chi connectivity index (χ0n) is 70.5. The molecule has 10 aliphatic rings. The first-order chi connectivity index (χ1) is 57.2. The normalized spacial score (nSPS) is 19.6. The van der Waals surface area contributed by atoms with Gasteiger partial charge in [-0.25, -0.2) is 0 Å². The number of amides is 4. The Labute approximate surface area is 690 Å². The van der Waals surface area contributed by atoms with Gasteiger partial charge in [0.1, 0.15) is 5.69 Å². The average Bonchev–Trinajstić information content (AvgIpc) is 1.56. The summed E-state index contributed by atoms with van der Waals surface area (Å²) in [5.41, 5.74) is 18.9. The predicted octanol–water partition coefficient (Wildman–Crippen LogP) is 12.1. The van der Waals surface area contributed by atoms with Crippen molar-refractivity contribution in [2.75, 3.05) is 178 Å². The lowest BCUT2D eigenvalue weighted by molar-refractivity contribution is -0.385. The lowest BCUT2D eigenvalue weighted by Crippen LogP contribution is -2.45. The number of benzene rings is 4. The number of nitrogens with zero attached hydrogens (tertiary/aromatic N) is 11. The smallest absolute Gasteiger partial charge is 0.269 e. The lowest BCUT2D eigenvalue weighted by atomic mass is 9.76. The minimum atomic E-state index is -0.646. The van der Waals surface area contributed by atoms with Crippen molar-refractivity contribution in [2.45, 2.75) is 174 Å². The zero-order chi connectivity index (χ0) is 83.2. The fourth-order valence-electron chi connectivity index (χ4n) is 20.1. The van der Waals surface area contributed by atoms with Crippen LogP contribution in [-0.4, -0.2) is 246 Å². The zero-order valence-corrected chi connectivity index (χ0v) is 70.5. The first-order valence-corrected chi connectivity index (χ1v) is 43.4. The lowest BCUT2D eigenvalue weighted by Gasteiger charge is -2.30. The molecule has 0 unspecified atom stereocenters. The van der Waals surface area contributed by atoms with Crippen molar-refractivity contribution >= 4 is 79.6 Å². The number of aromatic nitrogens is 6. The van der Waals surface area contributed by atoms with E-state index in [0.29, 0.717) is 37.9 Å². The Bertz CT molecular complexity index is 4940. The van der Waals surface area contributed by atoms with Gasteiger partial charge in [-0.3, -0.25) is 69.2 Å². The monoisotopic (exact) mass is 1620 g/mol. The Morgan fingerprint density at radius 3 is 1.30 bits per heavy atom. The molecule has 0 bridgehead atoms. The number of morpholine rings is 4. The average molecular weight is 1620 g/mol. The molecule has 0 radical (unpaired) electrons. The first-order valence-electron chi connectivity index (χ1n) is 43.4. The van der Waals surface area contributed by atoms with E-state index in [9.17, 15) is 39.4 Å². The molecule has 8 aliphatic heterocycles. The Morgan fingerprint density at radius 2 is 0.847 bits per heavy atom. The fraction of sp³-hybridized carbons (Fsp3) is 0.573. The van der Waals surface area contributed by atoms with E-state index in [1.54, 1.807) is 18.2 Å². The number of rotatable bonds is 21. The van der Waals surface area contributed by atoms with Gasteiger partial charge in [0.05, 0.1) is 114 Å². The third kappa shape index (κ3) is 15.9. The van der Waals surface area contributed by atoms with Crippen LogP contribution in [0.25, 0.3) is 44.6 Å². The molecule has 0 saturated carbocycles. The highest BCUT2D eigenvalue weighted by Gasteiger charge is 2.52. The van der Waals surface area contributed by atoms with Crippen LogP contribution in [-0.2, 0) is 85.5 Å². The number of carbonyl (C=O) groups is 4. The Morgan fingerprint density at radius 1 is 0.449 bits per heavy atom. The molecule has 634 valence electrons. The number of aryl methyl sites for hydroxylation is 4. The maximum Gasteiger partial charge on any atom is 0.269 e. The molecule has 118 heavy (non-hydrogen) atoms. The second-order valence-electron chi connectivity index (χ2n) is 32.9. The first kappa shape index (κ1) is 85.1. The second kappa shape index (κ2) is 36.7. The third-order valence-corrected chi connectivity index (χ3v) is 27.6. The SMILES string of the molecule is CCC1(CC)C(=O)N(CCN2CCOCC2)c2cc3c4c([nH]c3cc21)-c1[nH]ncc1CCC4.CCC1(CC)C(=O)N(CCN2CCOCC2)c2cc3c4c([nH]c3cc21)-c1n[nH]c(C)c1CCC4.CCC1(CC)C(=O)N(CCN2CCOCC2)c2ccc([N+](=O)[O-])cc21.CCC1(CC)C(=O)Nc2ccc([N+](=O)[O-])cc21.OCCN1CCOCC1. The number of H-pyrrole nitrogens is 4. The van der Waals surface area contributed by atoms with Crippen molar-refractivity contribution in [1.82, 2.24) is 50.0 Å². The van der Waals surface area contributed by atoms with Crippen molar-refractivity contribution in [3.8, 4) is 22.8 Å². The molecule has 4 amide bonds. The number of nitrogens with one attached hydrogen (secondary N) is 5. The molecule has 6 N–H and O–H groups in total. The van der Waals surface area contributed by atoms with Gasteiger partial charge in [0.25, 0.3) is 11.4 Å². The number of aliphatic hydroxyl groups excluding tert-OH is 1. The van der Waals surface area contributed by atoms with E-state index in [-0.39, 0.29) is 41.6 Å². The molecule has 2 aliphatic carbocycles. The van der Waals surface area contributed by atoms with Crippen LogP contribution in [0.5, 0.6) is 0 Å². The van der Waals surface area contributed by atoms with Gasteiger partial charge in [-0.1, -0.05) is 55.4 Å². The molecule has 29 nitrogen and oxygen atoms in total. The Hall–Kier alpha value is -9.30. The van der Waals surface area contributed by atoms with Gasteiger partial charge >= 0.3 is 0 Å². The maximum absolute atomic E-state index is 13.9. The van der Waals surface area contributed by atoms with Crippen molar-refractivity contribution in [3.63, 3.8) is 0 Å². The third-order valence-electron chi connectivity index (χ3n) is 27.6. The summed E-state index contributed by atoms with van der Waals surface area (Å²) in [5.74, 6) is 0.550. The molecule has 29 heteroatoms. The summed E-state index contributed by atoms with van der Waals surface area (Å²) in [5, 5.41) is 51.2. The van der Waals surface area contributed by atoms with Gasteiger partial charge in [0.2, 0.25) is 23.6 Å². The van der Waals surface area contributed by atoms with Crippen molar-refractivity contribution < 1.29 is 53.1 Å². The molecular formula is C89H120N16O13. The molecule has 18 rings (SSSR count). The number of carbonyl (C=O) groups excluding carboxylic acids is 4. The van der Waals surface area contributed by atoms with Crippen LogP contribution in [0.1, 0.15) is 170 Å². The summed E-state index contributed by atoms with van der Waals surface area (Å²) in [6.07, 6.45) is 14.2. The molecule has 0 atom stereocenters. The number of hydrogen-bond donors (Lipinski definition) is 6. The number of anilines is 4. The highest BCUT2D eigenvalue weighted by Crippen LogP contribution is 2.53. The number of aliphatic hydroxyl groups is 1. The highest BCUT2D eigenvalue weighted by atomic mass is 16.6. The minimum absolute atomic E-state index is 0.0338. The van der Waals surface area contributed by atoms with E-state index in [1.165, 1.54) is 73.7 Å². The number of aromatic amines is 4. The largest absolute Gasteiger partial charge is 0.395 e. The topological polar surface area (TPSA) is 335 Å². The number of nitro groups is 2. The number of non-ortho nitro benzene ring substituents is 2. The van der Waals surface area contributed by atoms with E-state index in [4.69, 9.17) is 24.1 Å². The van der Waals surface area contributed by atoms with Crippen LogP contribution in [0.2, 0.25) is 0 Å². The van der Waals surface area contributed by atoms with E-state index < -0.39 is 31.5 Å². The molecule has 0 spiro atoms. The molecule has 4 aromatic carbocycles. The number of nitro benzene ring substituents is 2. The molecule has 4 aromatic heterocycles. The molecule has 12 heterocycles. The van der Waals surface area contributed by atoms with Crippen molar-refractivity contribution in [1.29, 1.82) is 0 Å². The van der Waals surface area contributed by atoms with Crippen LogP contribution in [0.15, 0.2) is 66.9 Å². The molecule has 8 aromatic rings. The Kier molecular flexibility index (Phi) is 26.5. The van der Waals surface area contributed by atoms with Crippen LogP contribution < -0.4 is 20.0 Å². The quantitative estimate of drug-likeness (QED) is 0.0287. The van der Waals surface area contributed by atoms with Gasteiger partial charge < -0.3 is 54.0 Å². The number of β-amino-alcohol motifs (C(OH)–C–C–N with tert-alkyl or cyclic N) is 1. The molecular weight excluding hydrogens is 1500 g/mol. The van der Waals surface area contributed by atoms with Gasteiger partial charge in [0.15, 0.2) is 0 Å². The number of fused-ring (bicyclic) bond motifs is 14. The van der Waals surface area contributed by atoms with E-state index in [0.717, 1.165) is 265 Å². The minimum Gasteiger partial charge on any atom is -0.395 e. The van der Waals surface area contributed by atoms with Gasteiger partial charge in [-0.05, 0) is 172 Å². The van der Waals surface area contributed by atoms with Crippen LogP contribution >= 0.6 is 0 Å². The summed E-state index contributed by atoms with van der Waals surface area (Å²) in [4.78, 5) is 96.8. The number of ether oxygens (including phenoxy) is 4.